The van der Waals surface area contributed by atoms with Gasteiger partial charge >= 0.3 is 6.18 Å². The first-order chi connectivity index (χ1) is 15.1. The second-order valence-electron chi connectivity index (χ2n) is 8.05. The van der Waals surface area contributed by atoms with Gasteiger partial charge in [-0.05, 0) is 37.9 Å². The number of aromatic nitrogens is 2. The Kier molecular flexibility index (Phi) is 11.6. The standard InChI is InChI=1S/C16H18F5N3.C6H14.C2H6/c1-23-5-3-4-9-6-10(11(15(17)18)7-13(9)23)12-8-24(2)22-14(12)16(19,20)21;1-3-5-6-4-2;1-2/h6-9,13,15H,3-5H2,1-2H3;3-6H2,1-2H3;1-2H3. The Bertz CT molecular complexity index is 745. The molecule has 1 fully saturated rings. The molecule has 0 bridgehead atoms. The summed E-state index contributed by atoms with van der Waals surface area (Å²) in [5.74, 6) is -0.0671. The Hall–Kier alpha value is -1.70. The molecule has 32 heavy (non-hydrogen) atoms. The van der Waals surface area contributed by atoms with Crippen molar-refractivity contribution >= 4 is 5.57 Å². The molecule has 0 N–H and O–H groups in total. The van der Waals surface area contributed by atoms with E-state index in [1.54, 1.807) is 6.08 Å². The van der Waals surface area contributed by atoms with E-state index in [9.17, 15) is 22.0 Å². The van der Waals surface area contributed by atoms with Crippen LogP contribution in [-0.2, 0) is 13.2 Å². The maximum Gasteiger partial charge on any atom is 0.435 e. The molecule has 2 heterocycles. The molecule has 2 aliphatic rings. The molecule has 0 radical (unpaired) electrons. The molecule has 2 unspecified atom stereocenters. The van der Waals surface area contributed by atoms with Crippen LogP contribution in [0.5, 0.6) is 0 Å². The van der Waals surface area contributed by atoms with Crippen LogP contribution in [0, 0.1) is 5.92 Å². The fourth-order valence-corrected chi connectivity index (χ4v) is 4.07. The zero-order valence-corrected chi connectivity index (χ0v) is 20.1. The van der Waals surface area contributed by atoms with Crippen molar-refractivity contribution in [3.8, 4) is 0 Å². The maximum absolute atomic E-state index is 13.5. The van der Waals surface area contributed by atoms with Gasteiger partial charge in [0, 0.05) is 30.4 Å². The first-order valence-corrected chi connectivity index (χ1v) is 11.6. The van der Waals surface area contributed by atoms with Crippen molar-refractivity contribution in [2.24, 2.45) is 13.0 Å². The number of fused-ring (bicyclic) bond motifs is 1. The highest BCUT2D eigenvalue weighted by molar-refractivity contribution is 5.82. The number of allylic oxidation sites excluding steroid dienone is 2. The number of nitrogens with zero attached hydrogens (tertiary/aromatic N) is 3. The molecule has 1 aliphatic carbocycles. The van der Waals surface area contributed by atoms with Crippen molar-refractivity contribution in [2.75, 3.05) is 13.6 Å². The smallest absolute Gasteiger partial charge is 0.299 e. The summed E-state index contributed by atoms with van der Waals surface area (Å²) in [5, 5.41) is 3.44. The molecule has 3 nitrogen and oxygen atoms in total. The number of hydrogen-bond donors (Lipinski definition) is 0. The third-order valence-corrected chi connectivity index (χ3v) is 5.62. The lowest BCUT2D eigenvalue weighted by Crippen LogP contribution is -2.42. The highest BCUT2D eigenvalue weighted by Gasteiger charge is 2.41. The number of unbranched alkanes of at least 4 members (excludes halogenated alkanes) is 3. The van der Waals surface area contributed by atoms with Gasteiger partial charge in [-0.15, -0.1) is 0 Å². The van der Waals surface area contributed by atoms with E-state index >= 15 is 0 Å². The summed E-state index contributed by atoms with van der Waals surface area (Å²) in [6.07, 6.45) is 3.84. The van der Waals surface area contributed by atoms with Gasteiger partial charge in [-0.3, -0.25) is 9.58 Å². The molecule has 0 saturated carbocycles. The van der Waals surface area contributed by atoms with Crippen LogP contribution in [0.15, 0.2) is 23.9 Å². The third kappa shape index (κ3) is 7.42. The van der Waals surface area contributed by atoms with Crippen molar-refractivity contribution in [1.29, 1.82) is 0 Å². The predicted molar refractivity (Wildman–Crippen MR) is 121 cm³/mol. The Morgan fingerprint density at radius 1 is 1.06 bits per heavy atom. The van der Waals surface area contributed by atoms with Gasteiger partial charge in [-0.1, -0.05) is 65.5 Å². The van der Waals surface area contributed by atoms with E-state index in [-0.39, 0.29) is 28.7 Å². The number of rotatable bonds is 5. The molecule has 1 aromatic heterocycles. The minimum atomic E-state index is -4.69. The van der Waals surface area contributed by atoms with Gasteiger partial charge < -0.3 is 0 Å². The van der Waals surface area contributed by atoms with E-state index in [1.165, 1.54) is 38.8 Å². The molecular weight excluding hydrogens is 425 g/mol. The van der Waals surface area contributed by atoms with Crippen molar-refractivity contribution < 1.29 is 22.0 Å². The van der Waals surface area contributed by atoms with E-state index in [0.29, 0.717) is 0 Å². The summed E-state index contributed by atoms with van der Waals surface area (Å²) in [6.45, 7) is 9.25. The first-order valence-electron chi connectivity index (χ1n) is 11.6. The van der Waals surface area contributed by atoms with Crippen LogP contribution in [-0.4, -0.2) is 40.7 Å². The highest BCUT2D eigenvalue weighted by Crippen LogP contribution is 2.42. The number of piperidine rings is 1. The summed E-state index contributed by atoms with van der Waals surface area (Å²) in [6, 6.07) is -0.197. The van der Waals surface area contributed by atoms with Gasteiger partial charge in [-0.2, -0.15) is 18.3 Å². The van der Waals surface area contributed by atoms with E-state index in [1.807, 2.05) is 25.8 Å². The van der Waals surface area contributed by atoms with Gasteiger partial charge in [0.15, 0.2) is 5.69 Å². The average molecular weight is 464 g/mol. The zero-order valence-electron chi connectivity index (χ0n) is 20.1. The molecule has 184 valence electrons. The lowest BCUT2D eigenvalue weighted by molar-refractivity contribution is -0.141. The van der Waals surface area contributed by atoms with Crippen LogP contribution in [0.2, 0.25) is 0 Å². The second-order valence-corrected chi connectivity index (χ2v) is 8.05. The zero-order chi connectivity index (χ0) is 24.5. The van der Waals surface area contributed by atoms with Gasteiger partial charge in [0.25, 0.3) is 6.43 Å². The summed E-state index contributed by atoms with van der Waals surface area (Å²) in [5.41, 5.74) is -1.78. The van der Waals surface area contributed by atoms with Crippen LogP contribution in [0.25, 0.3) is 5.57 Å². The molecule has 1 aromatic rings. The molecule has 3 rings (SSSR count). The monoisotopic (exact) mass is 463 g/mol. The summed E-state index contributed by atoms with van der Waals surface area (Å²) in [7, 11) is 3.20. The normalized spacial score (nSPS) is 21.0. The minimum absolute atomic E-state index is 0.0398. The molecule has 0 aromatic carbocycles. The Balaban J connectivity index is 0.000000556. The topological polar surface area (TPSA) is 21.1 Å². The van der Waals surface area contributed by atoms with Crippen molar-refractivity contribution in [3.05, 3.63) is 35.2 Å². The van der Waals surface area contributed by atoms with Crippen LogP contribution in [0.4, 0.5) is 22.0 Å². The number of hydrogen-bond acceptors (Lipinski definition) is 2. The van der Waals surface area contributed by atoms with Crippen molar-refractivity contribution in [1.82, 2.24) is 14.7 Å². The van der Waals surface area contributed by atoms with Crippen LogP contribution in [0.1, 0.15) is 77.5 Å². The lowest BCUT2D eigenvalue weighted by Gasteiger charge is -2.39. The first kappa shape index (κ1) is 28.3. The molecule has 1 saturated heterocycles. The maximum atomic E-state index is 13.5. The molecule has 8 heteroatoms. The summed E-state index contributed by atoms with van der Waals surface area (Å²) < 4.78 is 67.8. The van der Waals surface area contributed by atoms with E-state index in [0.717, 1.165) is 30.3 Å². The number of likely N-dealkylation sites (N-methyl/N-ethyl adjacent to an activating group) is 1. The van der Waals surface area contributed by atoms with Crippen molar-refractivity contribution in [3.63, 3.8) is 0 Å². The van der Waals surface area contributed by atoms with Gasteiger partial charge in [-0.25, -0.2) is 8.78 Å². The van der Waals surface area contributed by atoms with Gasteiger partial charge in [0.05, 0.1) is 0 Å². The number of alkyl halides is 5. The minimum Gasteiger partial charge on any atom is -0.299 e. The van der Waals surface area contributed by atoms with Gasteiger partial charge in [0.1, 0.15) is 0 Å². The van der Waals surface area contributed by atoms with Crippen molar-refractivity contribution in [2.45, 2.75) is 84.9 Å². The molecule has 2 atom stereocenters. The molecular formula is C24H38F5N3. The summed E-state index contributed by atoms with van der Waals surface area (Å²) in [4.78, 5) is 1.97. The largest absolute Gasteiger partial charge is 0.435 e. The Labute approximate surface area is 189 Å². The lowest BCUT2D eigenvalue weighted by atomic mass is 9.79. The average Bonchev–Trinajstić information content (AvgIpc) is 3.16. The fraction of sp³-hybridized carbons (Fsp3) is 0.708. The molecule has 0 spiro atoms. The predicted octanol–water partition coefficient (Wildman–Crippen LogP) is 7.35. The Morgan fingerprint density at radius 3 is 2.16 bits per heavy atom. The highest BCUT2D eigenvalue weighted by atomic mass is 19.4. The SMILES string of the molecule is CC.CCCCCC.CN1CCCC2C=C(c3cn(C)nc3C(F)(F)F)C(C(F)F)=CC21. The number of likely N-dealkylation sites (tertiary alicyclic amines) is 1. The fourth-order valence-electron chi connectivity index (χ4n) is 4.07. The van der Waals surface area contributed by atoms with Crippen LogP contribution >= 0.6 is 0 Å². The number of aryl methyl sites for hydroxylation is 1. The third-order valence-electron chi connectivity index (χ3n) is 5.62. The second kappa shape index (κ2) is 13.1. The number of halogens is 5. The van der Waals surface area contributed by atoms with Gasteiger partial charge in [0.2, 0.25) is 0 Å². The van der Waals surface area contributed by atoms with E-state index < -0.39 is 18.3 Å². The van der Waals surface area contributed by atoms with Crippen LogP contribution < -0.4 is 0 Å². The van der Waals surface area contributed by atoms with E-state index in [4.69, 9.17) is 0 Å². The van der Waals surface area contributed by atoms with E-state index in [2.05, 4.69) is 18.9 Å². The Morgan fingerprint density at radius 2 is 1.66 bits per heavy atom. The quantitative estimate of drug-likeness (QED) is 0.336. The molecule has 0 amide bonds. The molecule has 1 aliphatic heterocycles. The summed E-state index contributed by atoms with van der Waals surface area (Å²) >= 11 is 0. The van der Waals surface area contributed by atoms with Crippen LogP contribution in [0.3, 0.4) is 0 Å².